The first kappa shape index (κ1) is 10.9. The monoisotopic (exact) mass is 229 g/mol. The SMILES string of the molecule is CCc1nn(C)c(CNC2COC2)c1Cl. The van der Waals surface area contributed by atoms with Gasteiger partial charge in [0.2, 0.25) is 0 Å². The van der Waals surface area contributed by atoms with E-state index in [1.165, 1.54) is 0 Å². The third-order valence-electron chi connectivity index (χ3n) is 2.70. The molecule has 1 N–H and O–H groups in total. The lowest BCUT2D eigenvalue weighted by atomic mass is 10.2. The van der Waals surface area contributed by atoms with Gasteiger partial charge in [-0.3, -0.25) is 4.68 Å². The van der Waals surface area contributed by atoms with Gasteiger partial charge in [-0.2, -0.15) is 5.10 Å². The van der Waals surface area contributed by atoms with Crippen LogP contribution in [0.3, 0.4) is 0 Å². The maximum Gasteiger partial charge on any atom is 0.0863 e. The van der Waals surface area contributed by atoms with Crippen molar-refractivity contribution < 1.29 is 4.74 Å². The van der Waals surface area contributed by atoms with E-state index in [9.17, 15) is 0 Å². The number of nitrogens with one attached hydrogen (secondary N) is 1. The standard InChI is InChI=1S/C10H16ClN3O/c1-3-8-10(11)9(14(2)13-8)4-12-7-5-15-6-7/h7,12H,3-6H2,1-2H3. The highest BCUT2D eigenvalue weighted by molar-refractivity contribution is 6.31. The molecule has 1 fully saturated rings. The summed E-state index contributed by atoms with van der Waals surface area (Å²) in [4.78, 5) is 0. The number of aromatic nitrogens is 2. The molecular weight excluding hydrogens is 214 g/mol. The molecule has 2 rings (SSSR count). The smallest absolute Gasteiger partial charge is 0.0863 e. The molecule has 1 aliphatic rings. The van der Waals surface area contributed by atoms with Crippen LogP contribution in [0.2, 0.25) is 5.02 Å². The molecule has 5 heteroatoms. The third kappa shape index (κ3) is 2.17. The summed E-state index contributed by atoms with van der Waals surface area (Å²) in [5.74, 6) is 0. The Labute approximate surface area is 94.6 Å². The van der Waals surface area contributed by atoms with E-state index in [0.717, 1.165) is 42.6 Å². The number of hydrogen-bond donors (Lipinski definition) is 1. The van der Waals surface area contributed by atoms with Crippen LogP contribution < -0.4 is 5.32 Å². The van der Waals surface area contributed by atoms with Gasteiger partial charge in [0.15, 0.2) is 0 Å². The van der Waals surface area contributed by atoms with Gasteiger partial charge in [-0.05, 0) is 6.42 Å². The summed E-state index contributed by atoms with van der Waals surface area (Å²) in [7, 11) is 1.93. The Hall–Kier alpha value is -0.580. The van der Waals surface area contributed by atoms with Crippen molar-refractivity contribution in [2.24, 2.45) is 7.05 Å². The second kappa shape index (κ2) is 4.51. The summed E-state index contributed by atoms with van der Waals surface area (Å²) < 4.78 is 6.95. The fourth-order valence-electron chi connectivity index (χ4n) is 1.61. The highest BCUT2D eigenvalue weighted by Gasteiger charge is 2.19. The van der Waals surface area contributed by atoms with Gasteiger partial charge in [-0.15, -0.1) is 0 Å². The molecule has 0 radical (unpaired) electrons. The zero-order valence-corrected chi connectivity index (χ0v) is 9.84. The summed E-state index contributed by atoms with van der Waals surface area (Å²) in [6.45, 7) is 4.42. The van der Waals surface area contributed by atoms with Crippen molar-refractivity contribution in [3.05, 3.63) is 16.4 Å². The zero-order chi connectivity index (χ0) is 10.8. The van der Waals surface area contributed by atoms with Gasteiger partial charge < -0.3 is 10.1 Å². The molecule has 4 nitrogen and oxygen atoms in total. The minimum absolute atomic E-state index is 0.473. The number of hydrogen-bond acceptors (Lipinski definition) is 3. The Morgan fingerprint density at radius 1 is 1.60 bits per heavy atom. The van der Waals surface area contributed by atoms with Crippen molar-refractivity contribution >= 4 is 11.6 Å². The van der Waals surface area contributed by atoms with Gasteiger partial charge in [0.25, 0.3) is 0 Å². The molecule has 0 amide bonds. The Bertz CT molecular complexity index is 347. The van der Waals surface area contributed by atoms with Crippen LogP contribution in [0.5, 0.6) is 0 Å². The molecule has 1 aliphatic heterocycles. The first-order chi connectivity index (χ1) is 7.22. The molecular formula is C10H16ClN3O. The van der Waals surface area contributed by atoms with Crippen LogP contribution in [0, 0.1) is 0 Å². The van der Waals surface area contributed by atoms with Gasteiger partial charge in [0.05, 0.1) is 35.7 Å². The molecule has 0 aliphatic carbocycles. The van der Waals surface area contributed by atoms with Gasteiger partial charge in [-0.1, -0.05) is 18.5 Å². The molecule has 0 atom stereocenters. The summed E-state index contributed by atoms with van der Waals surface area (Å²) in [6.07, 6.45) is 0.874. The van der Waals surface area contributed by atoms with Crippen molar-refractivity contribution in [3.63, 3.8) is 0 Å². The maximum atomic E-state index is 6.22. The predicted octanol–water partition coefficient (Wildman–Crippen LogP) is 1.12. The van der Waals surface area contributed by atoms with E-state index in [2.05, 4.69) is 17.3 Å². The van der Waals surface area contributed by atoms with E-state index in [1.54, 1.807) is 0 Å². The van der Waals surface area contributed by atoms with Crippen LogP contribution in [-0.4, -0.2) is 29.0 Å². The quantitative estimate of drug-likeness (QED) is 0.841. The highest BCUT2D eigenvalue weighted by Crippen LogP contribution is 2.20. The lowest BCUT2D eigenvalue weighted by Crippen LogP contribution is -2.45. The van der Waals surface area contributed by atoms with E-state index in [1.807, 2.05) is 11.7 Å². The van der Waals surface area contributed by atoms with Crippen LogP contribution in [0.15, 0.2) is 0 Å². The van der Waals surface area contributed by atoms with Gasteiger partial charge in [0, 0.05) is 13.6 Å². The Balaban J connectivity index is 2.02. The molecule has 1 aromatic rings. The van der Waals surface area contributed by atoms with E-state index < -0.39 is 0 Å². The topological polar surface area (TPSA) is 39.1 Å². The molecule has 0 aromatic carbocycles. The average Bonchev–Trinajstić information content (AvgIpc) is 2.42. The first-order valence-electron chi connectivity index (χ1n) is 5.23. The fourth-order valence-corrected chi connectivity index (χ4v) is 1.97. The fraction of sp³-hybridized carbons (Fsp3) is 0.700. The number of nitrogens with zero attached hydrogens (tertiary/aromatic N) is 2. The normalized spacial score (nSPS) is 16.7. The van der Waals surface area contributed by atoms with Crippen molar-refractivity contribution in [2.45, 2.75) is 25.9 Å². The van der Waals surface area contributed by atoms with Crippen LogP contribution in [0.4, 0.5) is 0 Å². The molecule has 0 saturated carbocycles. The summed E-state index contributed by atoms with van der Waals surface area (Å²) in [5, 5.41) is 8.55. The summed E-state index contributed by atoms with van der Waals surface area (Å²) >= 11 is 6.22. The number of ether oxygens (including phenoxy) is 1. The third-order valence-corrected chi connectivity index (χ3v) is 3.14. The van der Waals surface area contributed by atoms with Crippen molar-refractivity contribution in [3.8, 4) is 0 Å². The van der Waals surface area contributed by atoms with Gasteiger partial charge >= 0.3 is 0 Å². The number of aryl methyl sites for hydroxylation is 2. The van der Waals surface area contributed by atoms with Crippen molar-refractivity contribution in [1.82, 2.24) is 15.1 Å². The molecule has 84 valence electrons. The molecule has 2 heterocycles. The largest absolute Gasteiger partial charge is 0.378 e. The maximum absolute atomic E-state index is 6.22. The van der Waals surface area contributed by atoms with Gasteiger partial charge in [-0.25, -0.2) is 0 Å². The molecule has 0 bridgehead atoms. The second-order valence-electron chi connectivity index (χ2n) is 3.80. The van der Waals surface area contributed by atoms with E-state index in [0.29, 0.717) is 6.04 Å². The highest BCUT2D eigenvalue weighted by atomic mass is 35.5. The Morgan fingerprint density at radius 3 is 2.80 bits per heavy atom. The average molecular weight is 230 g/mol. The molecule has 0 unspecified atom stereocenters. The van der Waals surface area contributed by atoms with Crippen LogP contribution in [0.25, 0.3) is 0 Å². The van der Waals surface area contributed by atoms with Gasteiger partial charge in [0.1, 0.15) is 0 Å². The predicted molar refractivity (Wildman–Crippen MR) is 59.0 cm³/mol. The summed E-state index contributed by atoms with van der Waals surface area (Å²) in [6, 6.07) is 0.473. The first-order valence-corrected chi connectivity index (χ1v) is 5.61. The molecule has 1 saturated heterocycles. The molecule has 15 heavy (non-hydrogen) atoms. The van der Waals surface area contributed by atoms with Crippen LogP contribution >= 0.6 is 11.6 Å². The van der Waals surface area contributed by atoms with Crippen molar-refractivity contribution in [2.75, 3.05) is 13.2 Å². The minimum atomic E-state index is 0.473. The van der Waals surface area contributed by atoms with E-state index >= 15 is 0 Å². The lowest BCUT2D eigenvalue weighted by Gasteiger charge is -2.26. The second-order valence-corrected chi connectivity index (χ2v) is 4.18. The Morgan fingerprint density at radius 2 is 2.33 bits per heavy atom. The minimum Gasteiger partial charge on any atom is -0.378 e. The number of rotatable bonds is 4. The molecule has 0 spiro atoms. The Kier molecular flexibility index (Phi) is 3.29. The van der Waals surface area contributed by atoms with E-state index in [-0.39, 0.29) is 0 Å². The number of halogens is 1. The zero-order valence-electron chi connectivity index (χ0n) is 9.09. The van der Waals surface area contributed by atoms with Crippen LogP contribution in [-0.2, 0) is 24.8 Å². The van der Waals surface area contributed by atoms with Crippen LogP contribution in [0.1, 0.15) is 18.3 Å². The summed E-state index contributed by atoms with van der Waals surface area (Å²) in [5.41, 5.74) is 2.03. The van der Waals surface area contributed by atoms with Crippen molar-refractivity contribution in [1.29, 1.82) is 0 Å². The lowest BCUT2D eigenvalue weighted by molar-refractivity contribution is -0.00601. The molecule has 1 aromatic heterocycles. The van der Waals surface area contributed by atoms with E-state index in [4.69, 9.17) is 16.3 Å².